The molecule has 0 radical (unpaired) electrons. The Morgan fingerprint density at radius 1 is 1.47 bits per heavy atom. The molecular weight excluding hydrogens is 238 g/mol. The van der Waals surface area contributed by atoms with E-state index in [1.165, 1.54) is 0 Å². The van der Waals surface area contributed by atoms with Crippen LogP contribution in [-0.4, -0.2) is 28.5 Å². The number of aliphatic hydroxyl groups is 1. The first kappa shape index (κ1) is 14.5. The van der Waals surface area contributed by atoms with Crippen LogP contribution in [0.4, 0.5) is 0 Å². The number of nitrogens with one attached hydrogen (secondary N) is 2. The van der Waals surface area contributed by atoms with Crippen molar-refractivity contribution in [2.24, 2.45) is 5.41 Å². The second-order valence-electron chi connectivity index (χ2n) is 5.07. The number of nitrogens with zero attached hydrogens (tertiary/aromatic N) is 1. The Hall–Kier alpha value is -0.580. The number of rotatable bonds is 7. The van der Waals surface area contributed by atoms with Gasteiger partial charge in [0.05, 0.1) is 0 Å². The Bertz CT molecular complexity index is 350. The number of aryl methyl sites for hydroxylation is 1. The zero-order chi connectivity index (χ0) is 12.9. The lowest BCUT2D eigenvalue weighted by molar-refractivity contribution is 0.207. The van der Waals surface area contributed by atoms with Crippen LogP contribution in [0.25, 0.3) is 0 Å². The summed E-state index contributed by atoms with van der Waals surface area (Å²) in [5, 5.41) is 19.8. The summed E-state index contributed by atoms with van der Waals surface area (Å²) in [5.41, 5.74) is 2.23. The lowest BCUT2D eigenvalue weighted by Gasteiger charge is -2.24. The zero-order valence-electron chi connectivity index (χ0n) is 10.8. The minimum atomic E-state index is 0.0946. The van der Waals surface area contributed by atoms with Crippen LogP contribution < -0.4 is 5.32 Å². The van der Waals surface area contributed by atoms with E-state index in [1.807, 2.05) is 0 Å². The SMILES string of the molecule is CCc1[nH]nc(Cl)c1CNCC(C)(C)CCO. The molecule has 0 aliphatic carbocycles. The van der Waals surface area contributed by atoms with Crippen LogP contribution >= 0.6 is 11.6 Å². The first-order valence-corrected chi connectivity index (χ1v) is 6.41. The molecular formula is C12H22ClN3O. The summed E-state index contributed by atoms with van der Waals surface area (Å²) in [4.78, 5) is 0. The molecule has 0 atom stereocenters. The van der Waals surface area contributed by atoms with E-state index in [1.54, 1.807) is 0 Å². The van der Waals surface area contributed by atoms with Gasteiger partial charge in [0, 0.05) is 31.0 Å². The van der Waals surface area contributed by atoms with E-state index in [0.717, 1.165) is 30.6 Å². The fraction of sp³-hybridized carbons (Fsp3) is 0.750. The Morgan fingerprint density at radius 2 is 2.18 bits per heavy atom. The van der Waals surface area contributed by atoms with Crippen molar-refractivity contribution in [1.82, 2.24) is 15.5 Å². The summed E-state index contributed by atoms with van der Waals surface area (Å²) in [6.07, 6.45) is 1.69. The maximum atomic E-state index is 8.95. The molecule has 0 saturated carbocycles. The largest absolute Gasteiger partial charge is 0.396 e. The number of aromatic amines is 1. The lowest BCUT2D eigenvalue weighted by Crippen LogP contribution is -2.30. The van der Waals surface area contributed by atoms with Gasteiger partial charge in [0.25, 0.3) is 0 Å². The van der Waals surface area contributed by atoms with Crippen LogP contribution in [0.1, 0.15) is 38.4 Å². The van der Waals surface area contributed by atoms with Crippen LogP contribution in [0.15, 0.2) is 0 Å². The average Bonchev–Trinajstić information content (AvgIpc) is 2.60. The van der Waals surface area contributed by atoms with Crippen LogP contribution in [0.3, 0.4) is 0 Å². The second-order valence-corrected chi connectivity index (χ2v) is 5.42. The predicted molar refractivity (Wildman–Crippen MR) is 70.2 cm³/mol. The fourth-order valence-electron chi connectivity index (χ4n) is 1.77. The maximum Gasteiger partial charge on any atom is 0.155 e. The Balaban J connectivity index is 2.48. The monoisotopic (exact) mass is 259 g/mol. The maximum absolute atomic E-state index is 8.95. The molecule has 0 fully saturated rings. The molecule has 0 aliphatic heterocycles. The highest BCUT2D eigenvalue weighted by Crippen LogP contribution is 2.20. The van der Waals surface area contributed by atoms with E-state index in [0.29, 0.717) is 11.7 Å². The summed E-state index contributed by atoms with van der Waals surface area (Å²) in [7, 11) is 0. The van der Waals surface area contributed by atoms with Crippen LogP contribution in [0.2, 0.25) is 5.15 Å². The summed E-state index contributed by atoms with van der Waals surface area (Å²) in [5.74, 6) is 0. The Morgan fingerprint density at radius 3 is 2.76 bits per heavy atom. The summed E-state index contributed by atoms with van der Waals surface area (Å²) in [6, 6.07) is 0. The topological polar surface area (TPSA) is 60.9 Å². The van der Waals surface area contributed by atoms with Crippen molar-refractivity contribution in [3.8, 4) is 0 Å². The van der Waals surface area contributed by atoms with E-state index in [4.69, 9.17) is 16.7 Å². The summed E-state index contributed by atoms with van der Waals surface area (Å²) < 4.78 is 0. The summed E-state index contributed by atoms with van der Waals surface area (Å²) >= 11 is 6.01. The van der Waals surface area contributed by atoms with E-state index < -0.39 is 0 Å². The highest BCUT2D eigenvalue weighted by molar-refractivity contribution is 6.30. The Labute approximate surface area is 108 Å². The number of aliphatic hydroxyl groups excluding tert-OH is 1. The first-order chi connectivity index (χ1) is 8.00. The van der Waals surface area contributed by atoms with Gasteiger partial charge in [-0.25, -0.2) is 0 Å². The molecule has 0 spiro atoms. The van der Waals surface area contributed by atoms with Gasteiger partial charge in [-0.15, -0.1) is 0 Å². The number of aromatic nitrogens is 2. The van der Waals surface area contributed by atoms with Gasteiger partial charge in [0.15, 0.2) is 5.15 Å². The molecule has 5 heteroatoms. The third-order valence-electron chi connectivity index (χ3n) is 2.95. The van der Waals surface area contributed by atoms with Gasteiger partial charge in [-0.05, 0) is 18.3 Å². The fourth-order valence-corrected chi connectivity index (χ4v) is 1.99. The van der Waals surface area contributed by atoms with E-state index in [9.17, 15) is 0 Å². The quantitative estimate of drug-likeness (QED) is 0.703. The number of hydrogen-bond donors (Lipinski definition) is 3. The molecule has 0 bridgehead atoms. The molecule has 0 aliphatic rings. The number of H-pyrrole nitrogens is 1. The van der Waals surface area contributed by atoms with E-state index in [2.05, 4.69) is 36.3 Å². The zero-order valence-corrected chi connectivity index (χ0v) is 11.6. The summed E-state index contributed by atoms with van der Waals surface area (Å²) in [6.45, 7) is 8.12. The normalized spacial score (nSPS) is 12.1. The second kappa shape index (κ2) is 6.38. The molecule has 4 nitrogen and oxygen atoms in total. The van der Waals surface area contributed by atoms with Gasteiger partial charge >= 0.3 is 0 Å². The molecule has 1 rings (SSSR count). The molecule has 0 amide bonds. The molecule has 98 valence electrons. The van der Waals surface area contributed by atoms with Crippen molar-refractivity contribution in [3.63, 3.8) is 0 Å². The van der Waals surface area contributed by atoms with Crippen LogP contribution in [0, 0.1) is 5.41 Å². The van der Waals surface area contributed by atoms with Gasteiger partial charge in [-0.2, -0.15) is 5.10 Å². The van der Waals surface area contributed by atoms with Crippen molar-refractivity contribution < 1.29 is 5.11 Å². The predicted octanol–water partition coefficient (Wildman–Crippen LogP) is 2.12. The molecule has 3 N–H and O–H groups in total. The molecule has 17 heavy (non-hydrogen) atoms. The van der Waals surface area contributed by atoms with Gasteiger partial charge in [-0.3, -0.25) is 5.10 Å². The molecule has 1 heterocycles. The highest BCUT2D eigenvalue weighted by Gasteiger charge is 2.17. The third kappa shape index (κ3) is 4.30. The van der Waals surface area contributed by atoms with Gasteiger partial charge in [0.2, 0.25) is 0 Å². The van der Waals surface area contributed by atoms with Crippen molar-refractivity contribution >= 4 is 11.6 Å². The highest BCUT2D eigenvalue weighted by atomic mass is 35.5. The first-order valence-electron chi connectivity index (χ1n) is 6.03. The van der Waals surface area contributed by atoms with Crippen LogP contribution in [-0.2, 0) is 13.0 Å². The minimum Gasteiger partial charge on any atom is -0.396 e. The van der Waals surface area contributed by atoms with Crippen molar-refractivity contribution in [2.45, 2.75) is 40.2 Å². The standard InChI is InChI=1S/C12H22ClN3O/c1-4-10-9(11(13)16-15-10)7-14-8-12(2,3)5-6-17/h14,17H,4-8H2,1-3H3,(H,15,16). The Kier molecular flexibility index (Phi) is 5.43. The lowest BCUT2D eigenvalue weighted by atomic mass is 9.90. The smallest absolute Gasteiger partial charge is 0.155 e. The number of hydrogen-bond acceptors (Lipinski definition) is 3. The molecule has 0 saturated heterocycles. The average molecular weight is 260 g/mol. The number of halogens is 1. The third-order valence-corrected chi connectivity index (χ3v) is 3.26. The molecule has 1 aromatic rings. The minimum absolute atomic E-state index is 0.0946. The van der Waals surface area contributed by atoms with Crippen LogP contribution in [0.5, 0.6) is 0 Å². The van der Waals surface area contributed by atoms with Crippen molar-refractivity contribution in [3.05, 3.63) is 16.4 Å². The molecule has 0 unspecified atom stereocenters. The van der Waals surface area contributed by atoms with Crippen molar-refractivity contribution in [2.75, 3.05) is 13.2 Å². The van der Waals surface area contributed by atoms with Gasteiger partial charge < -0.3 is 10.4 Å². The molecule has 0 aromatic carbocycles. The van der Waals surface area contributed by atoms with Gasteiger partial charge in [-0.1, -0.05) is 32.4 Å². The van der Waals surface area contributed by atoms with E-state index >= 15 is 0 Å². The molecule has 1 aromatic heterocycles. The van der Waals surface area contributed by atoms with E-state index in [-0.39, 0.29) is 12.0 Å². The van der Waals surface area contributed by atoms with Gasteiger partial charge in [0.1, 0.15) is 0 Å². The van der Waals surface area contributed by atoms with Crippen molar-refractivity contribution in [1.29, 1.82) is 0 Å².